The van der Waals surface area contributed by atoms with Gasteiger partial charge in [-0.15, -0.1) is 0 Å². The first kappa shape index (κ1) is 9.88. The van der Waals surface area contributed by atoms with Gasteiger partial charge in [-0.3, -0.25) is 4.79 Å². The first-order chi connectivity index (χ1) is 6.15. The van der Waals surface area contributed by atoms with Crippen molar-refractivity contribution in [1.29, 1.82) is 0 Å². The number of primary amides is 1. The quantitative estimate of drug-likeness (QED) is 0.721. The topological polar surface area (TPSA) is 78.1 Å². The summed E-state index contributed by atoms with van der Waals surface area (Å²) >= 11 is 5.67. The molecule has 1 amide bonds. The summed E-state index contributed by atoms with van der Waals surface area (Å²) < 4.78 is 4.76. The Hall–Kier alpha value is -1.20. The third-order valence-electron chi connectivity index (χ3n) is 1.34. The number of nitrogens with zero attached hydrogens (tertiary/aromatic N) is 2. The Morgan fingerprint density at radius 1 is 1.77 bits per heavy atom. The fraction of sp³-hybridized carbons (Fsp3) is 0.286. The molecule has 1 heterocycles. The smallest absolute Gasteiger partial charge is 0.267 e. The second kappa shape index (κ2) is 4.15. The number of hydrogen-bond donors (Lipinski definition) is 1. The van der Waals surface area contributed by atoms with Crippen molar-refractivity contribution in [2.75, 3.05) is 7.11 Å². The van der Waals surface area contributed by atoms with Gasteiger partial charge < -0.3 is 10.5 Å². The summed E-state index contributed by atoms with van der Waals surface area (Å²) in [5.41, 5.74) is 4.36. The predicted octanol–water partition coefficient (Wildman–Crippen LogP) is 0.459. The van der Waals surface area contributed by atoms with Gasteiger partial charge in [-0.05, 0) is 6.07 Å². The molecule has 1 rings (SSSR count). The van der Waals surface area contributed by atoms with Crippen LogP contribution in [0, 0.1) is 0 Å². The average molecular weight is 202 g/mol. The van der Waals surface area contributed by atoms with E-state index in [1.54, 1.807) is 0 Å². The van der Waals surface area contributed by atoms with Crippen LogP contribution in [0.2, 0.25) is 0 Å². The van der Waals surface area contributed by atoms with Crippen LogP contribution < -0.4 is 5.73 Å². The SMILES string of the molecule is COC(Cl)c1nccc(C(N)=O)n1. The first-order valence-electron chi connectivity index (χ1n) is 3.44. The normalized spacial score (nSPS) is 12.5. The summed E-state index contributed by atoms with van der Waals surface area (Å²) in [6.07, 6.45) is 1.40. The summed E-state index contributed by atoms with van der Waals surface area (Å²) in [5.74, 6) is -0.399. The van der Waals surface area contributed by atoms with Crippen LogP contribution in [0.25, 0.3) is 0 Å². The zero-order valence-electron chi connectivity index (χ0n) is 6.90. The van der Waals surface area contributed by atoms with Crippen LogP contribution in [0.3, 0.4) is 0 Å². The summed E-state index contributed by atoms with van der Waals surface area (Å²) in [7, 11) is 1.41. The van der Waals surface area contributed by atoms with Gasteiger partial charge in [0.05, 0.1) is 0 Å². The van der Waals surface area contributed by atoms with Gasteiger partial charge in [0.2, 0.25) is 0 Å². The van der Waals surface area contributed by atoms with Gasteiger partial charge in [0, 0.05) is 13.3 Å². The number of carbonyl (C=O) groups excluding carboxylic acids is 1. The molecule has 0 spiro atoms. The highest BCUT2D eigenvalue weighted by Crippen LogP contribution is 2.15. The Bertz CT molecular complexity index is 318. The number of aromatic nitrogens is 2. The lowest BCUT2D eigenvalue weighted by atomic mass is 10.4. The summed E-state index contributed by atoms with van der Waals surface area (Å²) in [6, 6.07) is 1.41. The van der Waals surface area contributed by atoms with Gasteiger partial charge in [-0.1, -0.05) is 11.6 Å². The van der Waals surface area contributed by atoms with E-state index in [1.807, 2.05) is 0 Å². The minimum absolute atomic E-state index is 0.118. The van der Waals surface area contributed by atoms with Gasteiger partial charge in [0.15, 0.2) is 11.4 Å². The molecule has 0 saturated carbocycles. The van der Waals surface area contributed by atoms with Crippen molar-refractivity contribution in [2.45, 2.75) is 5.56 Å². The summed E-state index contributed by atoms with van der Waals surface area (Å²) in [4.78, 5) is 18.3. The second-order valence-corrected chi connectivity index (χ2v) is 2.61. The number of methoxy groups -OCH3 is 1. The maximum atomic E-state index is 10.7. The number of carbonyl (C=O) groups is 1. The number of ether oxygens (including phenoxy) is 1. The standard InChI is InChI=1S/C7H8ClN3O2/c1-13-5(8)7-10-3-2-4(11-7)6(9)12/h2-3,5H,1H3,(H2,9,12). The monoisotopic (exact) mass is 201 g/mol. The minimum atomic E-state index is -0.765. The van der Waals surface area contributed by atoms with E-state index in [0.29, 0.717) is 0 Å². The lowest BCUT2D eigenvalue weighted by Crippen LogP contribution is -2.15. The third-order valence-corrected chi connectivity index (χ3v) is 1.71. The molecule has 13 heavy (non-hydrogen) atoms. The molecule has 1 aromatic heterocycles. The van der Waals surface area contributed by atoms with Gasteiger partial charge in [-0.2, -0.15) is 0 Å². The fourth-order valence-electron chi connectivity index (χ4n) is 0.726. The second-order valence-electron chi connectivity index (χ2n) is 2.22. The van der Waals surface area contributed by atoms with Crippen LogP contribution in [-0.2, 0) is 4.74 Å². The Labute approximate surface area is 79.9 Å². The molecule has 0 saturated heterocycles. The zero-order valence-corrected chi connectivity index (χ0v) is 7.65. The highest BCUT2D eigenvalue weighted by atomic mass is 35.5. The van der Waals surface area contributed by atoms with Crippen molar-refractivity contribution in [3.05, 3.63) is 23.8 Å². The molecule has 0 radical (unpaired) electrons. The highest BCUT2D eigenvalue weighted by molar-refractivity contribution is 6.19. The maximum absolute atomic E-state index is 10.7. The Morgan fingerprint density at radius 2 is 2.46 bits per heavy atom. The highest BCUT2D eigenvalue weighted by Gasteiger charge is 2.11. The van der Waals surface area contributed by atoms with Crippen LogP contribution in [0.5, 0.6) is 0 Å². The predicted molar refractivity (Wildman–Crippen MR) is 46.2 cm³/mol. The molecule has 0 aromatic carbocycles. The number of amides is 1. The number of nitrogens with two attached hydrogens (primary N) is 1. The van der Waals surface area contributed by atoms with Gasteiger partial charge >= 0.3 is 0 Å². The fourth-order valence-corrected chi connectivity index (χ4v) is 0.831. The van der Waals surface area contributed by atoms with Crippen molar-refractivity contribution in [3.63, 3.8) is 0 Å². The van der Waals surface area contributed by atoms with Crippen LogP contribution in [0.4, 0.5) is 0 Å². The van der Waals surface area contributed by atoms with Crippen LogP contribution in [0.15, 0.2) is 12.3 Å². The largest absolute Gasteiger partial charge is 0.364 e. The molecule has 5 nitrogen and oxygen atoms in total. The van der Waals surface area contributed by atoms with Gasteiger partial charge in [0.1, 0.15) is 5.69 Å². The van der Waals surface area contributed by atoms with E-state index < -0.39 is 11.5 Å². The molecule has 0 fully saturated rings. The van der Waals surface area contributed by atoms with E-state index in [2.05, 4.69) is 9.97 Å². The Balaban J connectivity index is 2.98. The molecule has 0 aliphatic carbocycles. The van der Waals surface area contributed by atoms with Crippen LogP contribution >= 0.6 is 11.6 Å². The lowest BCUT2D eigenvalue weighted by Gasteiger charge is -2.05. The van der Waals surface area contributed by atoms with Gasteiger partial charge in [0.25, 0.3) is 5.91 Å². The van der Waals surface area contributed by atoms with E-state index in [0.717, 1.165) is 0 Å². The molecular weight excluding hydrogens is 194 g/mol. The molecule has 0 aliphatic rings. The van der Waals surface area contributed by atoms with Crippen molar-refractivity contribution >= 4 is 17.5 Å². The molecule has 1 atom stereocenters. The van der Waals surface area contributed by atoms with E-state index in [-0.39, 0.29) is 11.5 Å². The maximum Gasteiger partial charge on any atom is 0.267 e. The first-order valence-corrected chi connectivity index (χ1v) is 3.88. The molecule has 0 bridgehead atoms. The number of halogens is 1. The third kappa shape index (κ3) is 2.37. The summed E-state index contributed by atoms with van der Waals surface area (Å²) in [5, 5.41) is 0. The molecule has 1 unspecified atom stereocenters. The van der Waals surface area contributed by atoms with E-state index in [9.17, 15) is 4.79 Å². The molecule has 1 aromatic rings. The van der Waals surface area contributed by atoms with Crippen molar-refractivity contribution in [1.82, 2.24) is 9.97 Å². The number of rotatable bonds is 3. The molecule has 0 aliphatic heterocycles. The van der Waals surface area contributed by atoms with Crippen molar-refractivity contribution in [3.8, 4) is 0 Å². The molecule has 70 valence electrons. The van der Waals surface area contributed by atoms with E-state index in [1.165, 1.54) is 19.4 Å². The minimum Gasteiger partial charge on any atom is -0.364 e. The van der Waals surface area contributed by atoms with Crippen molar-refractivity contribution in [2.24, 2.45) is 5.73 Å². The number of alkyl halides is 1. The van der Waals surface area contributed by atoms with Gasteiger partial charge in [-0.25, -0.2) is 9.97 Å². The average Bonchev–Trinajstić information content (AvgIpc) is 2.17. The van der Waals surface area contributed by atoms with Crippen LogP contribution in [-0.4, -0.2) is 23.0 Å². The zero-order chi connectivity index (χ0) is 9.84. The Kier molecular flexibility index (Phi) is 3.16. The summed E-state index contributed by atoms with van der Waals surface area (Å²) in [6.45, 7) is 0. The van der Waals surface area contributed by atoms with E-state index in [4.69, 9.17) is 22.1 Å². The van der Waals surface area contributed by atoms with Crippen LogP contribution in [0.1, 0.15) is 21.9 Å². The Morgan fingerprint density at radius 3 is 3.00 bits per heavy atom. The lowest BCUT2D eigenvalue weighted by molar-refractivity contribution is 0.0994. The molecule has 2 N–H and O–H groups in total. The number of hydrogen-bond acceptors (Lipinski definition) is 4. The molecule has 6 heteroatoms. The van der Waals surface area contributed by atoms with Crippen molar-refractivity contribution < 1.29 is 9.53 Å². The van der Waals surface area contributed by atoms with E-state index >= 15 is 0 Å². The molecular formula is C7H8ClN3O2.